The number of hydrazine groups is 1. The summed E-state index contributed by atoms with van der Waals surface area (Å²) in [6, 6.07) is 2.33. The number of hydrogen-bond acceptors (Lipinski definition) is 3. The van der Waals surface area contributed by atoms with Crippen molar-refractivity contribution in [1.29, 1.82) is 5.26 Å². The van der Waals surface area contributed by atoms with Gasteiger partial charge in [0.2, 0.25) is 0 Å². The standard InChI is InChI=1S/C12H25N3/c1-10(2)7-8-12(6,9-13)15-14-11(3,4)5/h10,14-15H,7-8H2,1-6H3. The second-order valence-corrected chi connectivity index (χ2v) is 5.88. The molecular weight excluding hydrogens is 186 g/mol. The van der Waals surface area contributed by atoms with Gasteiger partial charge in [-0.2, -0.15) is 5.26 Å². The van der Waals surface area contributed by atoms with Crippen LogP contribution in [0.25, 0.3) is 0 Å². The molecule has 0 fully saturated rings. The number of hydrogen-bond donors (Lipinski definition) is 2. The molecule has 0 aromatic heterocycles. The average Bonchev–Trinajstić information content (AvgIpc) is 2.10. The van der Waals surface area contributed by atoms with E-state index >= 15 is 0 Å². The van der Waals surface area contributed by atoms with Gasteiger partial charge in [-0.05, 0) is 46.5 Å². The Morgan fingerprint density at radius 1 is 1.13 bits per heavy atom. The van der Waals surface area contributed by atoms with Crippen LogP contribution in [-0.4, -0.2) is 11.1 Å². The molecule has 0 rings (SSSR count). The summed E-state index contributed by atoms with van der Waals surface area (Å²) in [4.78, 5) is 0. The number of nitriles is 1. The van der Waals surface area contributed by atoms with Gasteiger partial charge in [0.15, 0.2) is 0 Å². The molecule has 3 nitrogen and oxygen atoms in total. The van der Waals surface area contributed by atoms with Crippen LogP contribution in [0.1, 0.15) is 54.4 Å². The van der Waals surface area contributed by atoms with Crippen molar-refractivity contribution in [2.75, 3.05) is 0 Å². The van der Waals surface area contributed by atoms with E-state index in [1.807, 2.05) is 6.92 Å². The van der Waals surface area contributed by atoms with Gasteiger partial charge >= 0.3 is 0 Å². The van der Waals surface area contributed by atoms with Crippen molar-refractivity contribution < 1.29 is 0 Å². The second kappa shape index (κ2) is 5.48. The quantitative estimate of drug-likeness (QED) is 0.687. The van der Waals surface area contributed by atoms with Crippen LogP contribution in [0.15, 0.2) is 0 Å². The van der Waals surface area contributed by atoms with Crippen LogP contribution in [0, 0.1) is 17.2 Å². The summed E-state index contributed by atoms with van der Waals surface area (Å²) in [7, 11) is 0. The van der Waals surface area contributed by atoms with E-state index in [1.54, 1.807) is 0 Å². The lowest BCUT2D eigenvalue weighted by Crippen LogP contribution is -2.56. The Balaban J connectivity index is 4.15. The molecule has 0 aliphatic rings. The first-order chi connectivity index (χ1) is 6.68. The maximum absolute atomic E-state index is 9.14. The Labute approximate surface area is 94.2 Å². The normalized spacial score (nSPS) is 16.1. The van der Waals surface area contributed by atoms with Crippen molar-refractivity contribution in [1.82, 2.24) is 10.9 Å². The minimum absolute atomic E-state index is 0.0179. The maximum Gasteiger partial charge on any atom is 0.116 e. The Morgan fingerprint density at radius 3 is 2.00 bits per heavy atom. The van der Waals surface area contributed by atoms with Crippen LogP contribution >= 0.6 is 0 Å². The first kappa shape index (κ1) is 14.4. The van der Waals surface area contributed by atoms with Crippen LogP contribution in [0.4, 0.5) is 0 Å². The fourth-order valence-electron chi connectivity index (χ4n) is 1.05. The van der Waals surface area contributed by atoms with Gasteiger partial charge in [-0.1, -0.05) is 13.8 Å². The molecule has 0 saturated carbocycles. The molecule has 0 radical (unpaired) electrons. The fourth-order valence-corrected chi connectivity index (χ4v) is 1.05. The number of nitrogens with one attached hydrogen (secondary N) is 2. The van der Waals surface area contributed by atoms with Crippen LogP contribution in [0.2, 0.25) is 0 Å². The van der Waals surface area contributed by atoms with Gasteiger partial charge in [0.25, 0.3) is 0 Å². The van der Waals surface area contributed by atoms with Gasteiger partial charge in [-0.3, -0.25) is 5.43 Å². The molecule has 3 heteroatoms. The summed E-state index contributed by atoms with van der Waals surface area (Å²) in [6.07, 6.45) is 1.92. The molecule has 1 atom stereocenters. The number of rotatable bonds is 5. The molecule has 0 aromatic carbocycles. The van der Waals surface area contributed by atoms with E-state index < -0.39 is 5.54 Å². The molecule has 2 N–H and O–H groups in total. The highest BCUT2D eigenvalue weighted by Gasteiger charge is 2.25. The van der Waals surface area contributed by atoms with E-state index in [9.17, 15) is 0 Å². The topological polar surface area (TPSA) is 47.9 Å². The van der Waals surface area contributed by atoms with Crippen LogP contribution < -0.4 is 10.9 Å². The van der Waals surface area contributed by atoms with E-state index in [0.29, 0.717) is 5.92 Å². The molecule has 0 heterocycles. The molecule has 0 amide bonds. The zero-order valence-electron chi connectivity index (χ0n) is 10.9. The maximum atomic E-state index is 9.14. The van der Waals surface area contributed by atoms with Crippen molar-refractivity contribution >= 4 is 0 Å². The first-order valence-corrected chi connectivity index (χ1v) is 5.64. The van der Waals surface area contributed by atoms with E-state index in [0.717, 1.165) is 12.8 Å². The minimum Gasteiger partial charge on any atom is -0.251 e. The van der Waals surface area contributed by atoms with Gasteiger partial charge < -0.3 is 0 Å². The van der Waals surface area contributed by atoms with Crippen LogP contribution in [0.5, 0.6) is 0 Å². The third-order valence-corrected chi connectivity index (χ3v) is 2.18. The Bertz CT molecular complexity index is 222. The lowest BCUT2D eigenvalue weighted by molar-refractivity contribution is 0.266. The van der Waals surface area contributed by atoms with Gasteiger partial charge in [0, 0.05) is 5.54 Å². The predicted octanol–water partition coefficient (Wildman–Crippen LogP) is 2.60. The summed E-state index contributed by atoms with van der Waals surface area (Å²) in [5.74, 6) is 0.633. The lowest BCUT2D eigenvalue weighted by atomic mass is 9.94. The number of nitrogens with zero attached hydrogens (tertiary/aromatic N) is 1. The smallest absolute Gasteiger partial charge is 0.116 e. The second-order valence-electron chi connectivity index (χ2n) is 5.88. The molecule has 15 heavy (non-hydrogen) atoms. The van der Waals surface area contributed by atoms with Crippen molar-refractivity contribution in [3.63, 3.8) is 0 Å². The predicted molar refractivity (Wildman–Crippen MR) is 64.1 cm³/mol. The zero-order valence-corrected chi connectivity index (χ0v) is 10.9. The highest BCUT2D eigenvalue weighted by molar-refractivity contribution is 5.03. The van der Waals surface area contributed by atoms with Crippen LogP contribution in [-0.2, 0) is 0 Å². The minimum atomic E-state index is -0.475. The molecule has 1 unspecified atom stereocenters. The molecule has 0 aliphatic heterocycles. The summed E-state index contributed by atoms with van der Waals surface area (Å²) in [5, 5.41) is 9.14. The van der Waals surface area contributed by atoms with Crippen molar-refractivity contribution in [2.45, 2.75) is 65.5 Å². The Kier molecular flexibility index (Phi) is 5.27. The summed E-state index contributed by atoms with van der Waals surface area (Å²) < 4.78 is 0. The third kappa shape index (κ3) is 7.35. The molecule has 0 spiro atoms. The van der Waals surface area contributed by atoms with Crippen molar-refractivity contribution in [3.8, 4) is 6.07 Å². The zero-order chi connectivity index (χ0) is 12.1. The monoisotopic (exact) mass is 211 g/mol. The Hall–Kier alpha value is -0.590. The summed E-state index contributed by atoms with van der Waals surface area (Å²) in [5.41, 5.74) is 5.80. The van der Waals surface area contributed by atoms with Gasteiger partial charge in [-0.15, -0.1) is 0 Å². The van der Waals surface area contributed by atoms with Gasteiger partial charge in [0.05, 0.1) is 6.07 Å². The third-order valence-electron chi connectivity index (χ3n) is 2.18. The van der Waals surface area contributed by atoms with E-state index in [-0.39, 0.29) is 5.54 Å². The van der Waals surface area contributed by atoms with Crippen molar-refractivity contribution in [3.05, 3.63) is 0 Å². The van der Waals surface area contributed by atoms with Gasteiger partial charge in [-0.25, -0.2) is 5.43 Å². The molecular formula is C12H25N3. The summed E-state index contributed by atoms with van der Waals surface area (Å²) >= 11 is 0. The highest BCUT2D eigenvalue weighted by atomic mass is 15.4. The molecule has 0 aliphatic carbocycles. The van der Waals surface area contributed by atoms with E-state index in [4.69, 9.17) is 5.26 Å². The Morgan fingerprint density at radius 2 is 1.67 bits per heavy atom. The summed E-state index contributed by atoms with van der Waals surface area (Å²) in [6.45, 7) is 12.5. The van der Waals surface area contributed by atoms with Gasteiger partial charge in [0.1, 0.15) is 5.54 Å². The molecule has 0 bridgehead atoms. The first-order valence-electron chi connectivity index (χ1n) is 5.64. The van der Waals surface area contributed by atoms with E-state index in [1.165, 1.54) is 0 Å². The van der Waals surface area contributed by atoms with Crippen molar-refractivity contribution in [2.24, 2.45) is 5.92 Å². The average molecular weight is 211 g/mol. The lowest BCUT2D eigenvalue weighted by Gasteiger charge is -2.30. The molecule has 0 saturated heterocycles. The largest absolute Gasteiger partial charge is 0.251 e. The SMILES string of the molecule is CC(C)CCC(C)(C#N)NNC(C)(C)C. The van der Waals surface area contributed by atoms with E-state index in [2.05, 4.69) is 51.5 Å². The highest BCUT2D eigenvalue weighted by Crippen LogP contribution is 2.15. The van der Waals surface area contributed by atoms with Crippen LogP contribution in [0.3, 0.4) is 0 Å². The molecule has 88 valence electrons. The fraction of sp³-hybridized carbons (Fsp3) is 0.917. The molecule has 0 aromatic rings.